The number of amides is 8. The average molecular weight is 1010 g/mol. The molecule has 3 fully saturated rings. The van der Waals surface area contributed by atoms with Gasteiger partial charge < -0.3 is 57.1 Å². The number of hydrogen-bond donors (Lipinski definition) is 8. The number of rotatable bonds is 25. The summed E-state index contributed by atoms with van der Waals surface area (Å²) in [6, 6.07) is 13.6. The lowest BCUT2D eigenvalue weighted by Gasteiger charge is -2.29. The summed E-state index contributed by atoms with van der Waals surface area (Å²) in [5.74, 6) is -3.40. The van der Waals surface area contributed by atoms with Gasteiger partial charge in [0, 0.05) is 67.6 Å². The second-order valence-electron chi connectivity index (χ2n) is 17.8. The molecule has 23 nitrogen and oxygen atoms in total. The average Bonchev–Trinajstić information content (AvgIpc) is 4.19. The number of carbonyl (C=O) groups is 9. The number of ketones is 1. The molecule has 5 heterocycles. The second-order valence-corrected chi connectivity index (χ2v) is 19.1. The number of hydrogen-bond acceptors (Lipinski definition) is 14. The fourth-order valence-corrected chi connectivity index (χ4v) is 10.5. The van der Waals surface area contributed by atoms with Crippen LogP contribution in [0, 0.1) is 0 Å². The van der Waals surface area contributed by atoms with Crippen molar-refractivity contribution in [2.45, 2.75) is 93.7 Å². The molecule has 0 bridgehead atoms. The number of carboxylic acids is 1. The van der Waals surface area contributed by atoms with E-state index < -0.39 is 60.7 Å². The molecule has 5 atom stereocenters. The third kappa shape index (κ3) is 14.0. The van der Waals surface area contributed by atoms with Crippen LogP contribution in [0.3, 0.4) is 0 Å². The quantitative estimate of drug-likeness (QED) is 0.0249. The number of anilines is 1. The molecule has 24 heteroatoms. The molecule has 0 spiro atoms. The van der Waals surface area contributed by atoms with E-state index in [9.17, 15) is 43.2 Å². The Morgan fingerprint density at radius 3 is 2.40 bits per heavy atom. The number of aromatic nitrogens is 4. The van der Waals surface area contributed by atoms with Gasteiger partial charge in [-0.25, -0.2) is 19.7 Å². The zero-order chi connectivity index (χ0) is 51.1. The van der Waals surface area contributed by atoms with Crippen LogP contribution in [0.15, 0.2) is 67.3 Å². The van der Waals surface area contributed by atoms with Crippen LogP contribution < -0.4 is 37.6 Å². The smallest absolute Gasteiger partial charge is 0.322 e. The maximum atomic E-state index is 14.5. The number of unbranched alkanes of at least 4 members (excludes halogenated alkanes) is 1. The van der Waals surface area contributed by atoms with Crippen molar-refractivity contribution in [3.05, 3.63) is 83.9 Å². The van der Waals surface area contributed by atoms with Crippen LogP contribution in [-0.2, 0) is 46.5 Å². The summed E-state index contributed by atoms with van der Waals surface area (Å²) in [4.78, 5) is 131. The Bertz CT molecular complexity index is 2630. The highest BCUT2D eigenvalue weighted by atomic mass is 32.2. The minimum atomic E-state index is -1.28. The lowest BCUT2D eigenvalue weighted by Crippen LogP contribution is -2.54. The number of benzene rings is 2. The van der Waals surface area contributed by atoms with Gasteiger partial charge in [-0.3, -0.25) is 38.4 Å². The van der Waals surface area contributed by atoms with Gasteiger partial charge in [0.15, 0.2) is 17.2 Å². The summed E-state index contributed by atoms with van der Waals surface area (Å²) in [6.07, 6.45) is 6.45. The Morgan fingerprint density at radius 2 is 1.62 bits per heavy atom. The van der Waals surface area contributed by atoms with E-state index >= 15 is 0 Å². The van der Waals surface area contributed by atoms with E-state index in [1.54, 1.807) is 48.5 Å². The molecule has 8 amide bonds. The monoisotopic (exact) mass is 1010 g/mol. The summed E-state index contributed by atoms with van der Waals surface area (Å²) in [5, 5.41) is 26.0. The molecule has 9 N–H and O–H groups in total. The van der Waals surface area contributed by atoms with Crippen molar-refractivity contribution in [2.75, 3.05) is 50.8 Å². The minimum Gasteiger partial charge on any atom is -0.480 e. The van der Waals surface area contributed by atoms with E-state index in [4.69, 9.17) is 10.8 Å². The number of aliphatic carboxylic acids is 1. The topological polar surface area (TPSA) is 322 Å². The molecule has 3 aliphatic rings. The predicted molar refractivity (Wildman–Crippen MR) is 263 cm³/mol. The Labute approximate surface area is 418 Å². The molecule has 2 aromatic heterocycles. The van der Waals surface area contributed by atoms with E-state index in [0.717, 1.165) is 23.5 Å². The molecule has 0 radical (unpaired) electrons. The maximum Gasteiger partial charge on any atom is 0.322 e. The van der Waals surface area contributed by atoms with E-state index in [0.29, 0.717) is 54.0 Å². The lowest BCUT2D eigenvalue weighted by molar-refractivity contribution is -0.141. The number of imidazole rings is 1. The van der Waals surface area contributed by atoms with Crippen molar-refractivity contribution >= 4 is 82.0 Å². The number of fused-ring (bicyclic) bond motifs is 2. The van der Waals surface area contributed by atoms with E-state index in [1.165, 1.54) is 22.1 Å². The normalized spacial score (nSPS) is 18.3. The molecular formula is C48H59N13O10S. The highest BCUT2D eigenvalue weighted by Gasteiger charge is 2.42. The Balaban J connectivity index is 0.942. The van der Waals surface area contributed by atoms with Gasteiger partial charge in [-0.2, -0.15) is 11.8 Å². The van der Waals surface area contributed by atoms with Crippen molar-refractivity contribution < 1.29 is 48.3 Å². The van der Waals surface area contributed by atoms with Crippen LogP contribution in [0.2, 0.25) is 0 Å². The van der Waals surface area contributed by atoms with Gasteiger partial charge in [0.2, 0.25) is 35.4 Å². The molecular weight excluding hydrogens is 951 g/mol. The van der Waals surface area contributed by atoms with Crippen LogP contribution in [0.25, 0.3) is 11.2 Å². The standard InChI is InChI=1S/C48H59N13O10S/c49-44-42-45(54-27-53-44)60(28-55-42)25-39(65)59(24-38(64)52-23-40(66)67)21-19-51-46(69)34-10-7-20-61(34)47(70)32(22-29-14-16-31(17-15-29)43(68)30-8-2-1-3-9-30)56-37(63)13-6-18-50-36(62)12-5-4-11-35-41-33(26-72-35)57-48(71)58-41/h1-3,8-9,14-17,27-28,32-35,41H,4-7,10-13,18-26H2,(H,50,62)(H,51,69)(H,52,64)(H,56,63)(H,66,67)(H2,49,53,54)(H2,57,58,71)/t32-,33-,34+,35-,41-/m0/s1. The number of nitrogens with two attached hydrogens (primary N) is 1. The molecule has 382 valence electrons. The third-order valence-electron chi connectivity index (χ3n) is 12.7. The summed E-state index contributed by atoms with van der Waals surface area (Å²) >= 11 is 1.83. The van der Waals surface area contributed by atoms with Gasteiger partial charge in [-0.15, -0.1) is 0 Å². The van der Waals surface area contributed by atoms with Gasteiger partial charge in [0.1, 0.15) is 37.0 Å². The lowest BCUT2D eigenvalue weighted by atomic mass is 9.99. The fourth-order valence-electron chi connectivity index (χ4n) is 8.98. The van der Waals surface area contributed by atoms with Crippen molar-refractivity contribution in [3.63, 3.8) is 0 Å². The SMILES string of the molecule is Nc1ncnc2c1ncn2CC(=O)N(CCNC(=O)[C@H]1CCCN1C(=O)[C@H](Cc1ccc(C(=O)c2ccccc2)cc1)NC(=O)CCCNC(=O)CCCC[C@@H]1SC[C@@H]2NC(=O)N[C@@H]21)CC(=O)NCC(=O)O. The number of likely N-dealkylation sites (tertiary alicyclic amines) is 1. The van der Waals surface area contributed by atoms with Gasteiger partial charge in [0.05, 0.1) is 25.0 Å². The maximum absolute atomic E-state index is 14.5. The van der Waals surface area contributed by atoms with Crippen LogP contribution in [0.5, 0.6) is 0 Å². The van der Waals surface area contributed by atoms with Crippen molar-refractivity contribution in [3.8, 4) is 0 Å². The number of carboxylic acid groups (broad SMARTS) is 1. The van der Waals surface area contributed by atoms with Gasteiger partial charge >= 0.3 is 12.0 Å². The van der Waals surface area contributed by atoms with Crippen molar-refractivity contribution in [1.82, 2.24) is 61.2 Å². The van der Waals surface area contributed by atoms with E-state index in [-0.39, 0.29) is 92.4 Å². The highest BCUT2D eigenvalue weighted by molar-refractivity contribution is 8.00. The minimum absolute atomic E-state index is 0.00208. The third-order valence-corrected chi connectivity index (χ3v) is 14.2. The van der Waals surface area contributed by atoms with E-state index in [2.05, 4.69) is 46.9 Å². The van der Waals surface area contributed by atoms with Crippen molar-refractivity contribution in [1.29, 1.82) is 0 Å². The van der Waals surface area contributed by atoms with Crippen LogP contribution in [0.4, 0.5) is 10.6 Å². The number of thioether (sulfide) groups is 1. The van der Waals surface area contributed by atoms with Crippen LogP contribution >= 0.6 is 11.8 Å². The summed E-state index contributed by atoms with van der Waals surface area (Å²) in [6.45, 7) is -1.37. The number of nitrogens with one attached hydrogen (secondary N) is 6. The first kappa shape index (κ1) is 52.2. The zero-order valence-corrected chi connectivity index (χ0v) is 40.4. The first-order valence-corrected chi connectivity index (χ1v) is 25.0. The van der Waals surface area contributed by atoms with Crippen LogP contribution in [-0.4, -0.2) is 162 Å². The molecule has 0 aliphatic carbocycles. The number of nitrogens with zero attached hydrogens (tertiary/aromatic N) is 6. The zero-order valence-electron chi connectivity index (χ0n) is 39.5. The number of carbonyl (C=O) groups excluding carboxylic acids is 8. The van der Waals surface area contributed by atoms with Gasteiger partial charge in [-0.05, 0) is 37.7 Å². The fraction of sp³-hybridized carbons (Fsp3) is 0.458. The molecule has 2 aromatic carbocycles. The summed E-state index contributed by atoms with van der Waals surface area (Å²) in [7, 11) is 0. The first-order chi connectivity index (χ1) is 34.7. The molecule has 0 saturated carbocycles. The highest BCUT2D eigenvalue weighted by Crippen LogP contribution is 2.33. The summed E-state index contributed by atoms with van der Waals surface area (Å²) < 4.78 is 1.41. The number of urea groups is 1. The summed E-state index contributed by atoms with van der Waals surface area (Å²) in [5.41, 5.74) is 8.04. The second kappa shape index (κ2) is 25.0. The molecule has 4 aromatic rings. The molecule has 0 unspecified atom stereocenters. The van der Waals surface area contributed by atoms with Crippen LogP contribution in [0.1, 0.15) is 72.9 Å². The van der Waals surface area contributed by atoms with E-state index in [1.807, 2.05) is 17.8 Å². The molecule has 7 rings (SSSR count). The van der Waals surface area contributed by atoms with Gasteiger partial charge in [-0.1, -0.05) is 61.0 Å². The Kier molecular flexibility index (Phi) is 18.1. The van der Waals surface area contributed by atoms with Gasteiger partial charge in [0.25, 0.3) is 0 Å². The first-order valence-electron chi connectivity index (χ1n) is 23.9. The largest absolute Gasteiger partial charge is 0.480 e. The Morgan fingerprint density at radius 1 is 0.861 bits per heavy atom. The number of nitrogen functional groups attached to an aromatic ring is 1. The molecule has 72 heavy (non-hydrogen) atoms. The Hall–Kier alpha value is -7.63. The predicted octanol–water partition coefficient (Wildman–Crippen LogP) is 0.126. The molecule has 3 saturated heterocycles. The molecule has 3 aliphatic heterocycles. The van der Waals surface area contributed by atoms with Crippen molar-refractivity contribution in [2.24, 2.45) is 0 Å².